The molecule has 0 saturated heterocycles. The van der Waals surface area contributed by atoms with Gasteiger partial charge in [-0.2, -0.15) is 0 Å². The molecule has 2 rings (SSSR count). The number of nitrogens with one attached hydrogen (secondary N) is 1. The zero-order valence-corrected chi connectivity index (χ0v) is 12.2. The van der Waals surface area contributed by atoms with E-state index in [1.807, 2.05) is 13.1 Å². The van der Waals surface area contributed by atoms with Crippen LogP contribution in [0.1, 0.15) is 24.9 Å². The monoisotopic (exact) mass is 261 g/mol. The molecule has 2 atom stereocenters. The first kappa shape index (κ1) is 14.0. The molecule has 4 heteroatoms. The van der Waals surface area contributed by atoms with Crippen LogP contribution in [0.2, 0.25) is 0 Å². The van der Waals surface area contributed by atoms with Gasteiger partial charge >= 0.3 is 0 Å². The van der Waals surface area contributed by atoms with Crippen LogP contribution < -0.4 is 5.32 Å². The predicted molar refractivity (Wildman–Crippen MR) is 78.1 cm³/mol. The summed E-state index contributed by atoms with van der Waals surface area (Å²) in [6.07, 6.45) is 2.64. The van der Waals surface area contributed by atoms with Gasteiger partial charge in [0.1, 0.15) is 5.52 Å². The molecule has 0 aliphatic carbocycles. The quantitative estimate of drug-likeness (QED) is 0.868. The molecule has 0 saturated carbocycles. The highest BCUT2D eigenvalue weighted by Crippen LogP contribution is 2.30. The number of hydrogen-bond acceptors (Lipinski definition) is 4. The first-order chi connectivity index (χ1) is 9.17. The van der Waals surface area contributed by atoms with Crippen LogP contribution in [0.4, 0.5) is 0 Å². The second kappa shape index (κ2) is 6.17. The molecule has 1 N–H and O–H groups in total. The van der Waals surface area contributed by atoms with Crippen molar-refractivity contribution in [2.24, 2.45) is 5.92 Å². The molecule has 0 aliphatic rings. The van der Waals surface area contributed by atoms with Crippen molar-refractivity contribution in [2.75, 3.05) is 27.7 Å². The molecule has 4 nitrogen and oxygen atoms in total. The number of aromatic nitrogens is 1. The summed E-state index contributed by atoms with van der Waals surface area (Å²) < 4.78 is 5.42. The fourth-order valence-corrected chi connectivity index (χ4v) is 2.79. The average molecular weight is 261 g/mol. The van der Waals surface area contributed by atoms with Gasteiger partial charge in [-0.05, 0) is 51.3 Å². The largest absolute Gasteiger partial charge is 0.443 e. The van der Waals surface area contributed by atoms with E-state index in [4.69, 9.17) is 4.42 Å². The van der Waals surface area contributed by atoms with E-state index in [0.717, 1.165) is 24.1 Å². The van der Waals surface area contributed by atoms with Gasteiger partial charge in [-0.15, -0.1) is 0 Å². The molecule has 1 heterocycles. The lowest BCUT2D eigenvalue weighted by Crippen LogP contribution is -2.32. The van der Waals surface area contributed by atoms with Crippen molar-refractivity contribution in [3.05, 3.63) is 30.2 Å². The average Bonchev–Trinajstić information content (AvgIpc) is 2.85. The molecule has 0 aliphatic heterocycles. The normalized spacial score (nSPS) is 15.0. The third-order valence-corrected chi connectivity index (χ3v) is 3.69. The van der Waals surface area contributed by atoms with Crippen LogP contribution in [0.25, 0.3) is 11.1 Å². The van der Waals surface area contributed by atoms with Gasteiger partial charge in [-0.25, -0.2) is 4.98 Å². The minimum absolute atomic E-state index is 0.381. The predicted octanol–water partition coefficient (Wildman–Crippen LogP) is 2.68. The zero-order chi connectivity index (χ0) is 13.8. The lowest BCUT2D eigenvalue weighted by atomic mass is 9.89. The van der Waals surface area contributed by atoms with Crippen molar-refractivity contribution in [3.63, 3.8) is 0 Å². The summed E-state index contributed by atoms with van der Waals surface area (Å²) in [6, 6.07) is 6.70. The molecule has 1 aromatic heterocycles. The molecular formula is C15H23N3O. The number of fused-ring (bicyclic) bond motifs is 1. The van der Waals surface area contributed by atoms with E-state index in [-0.39, 0.29) is 0 Å². The van der Waals surface area contributed by atoms with Crippen molar-refractivity contribution in [1.82, 2.24) is 15.2 Å². The number of rotatable bonds is 6. The van der Waals surface area contributed by atoms with E-state index >= 15 is 0 Å². The fraction of sp³-hybridized carbons (Fsp3) is 0.533. The van der Waals surface area contributed by atoms with Gasteiger partial charge in [0.15, 0.2) is 12.0 Å². The standard InChI is InChI=1S/C15H23N3O/c1-5-11(9-16-2)15(18(3)4)12-6-7-13-14(8-12)19-10-17-13/h6-8,10-11,15-16H,5,9H2,1-4H3. The Morgan fingerprint density at radius 3 is 2.79 bits per heavy atom. The van der Waals surface area contributed by atoms with Crippen molar-refractivity contribution < 1.29 is 4.42 Å². The summed E-state index contributed by atoms with van der Waals surface area (Å²) in [6.45, 7) is 3.25. The van der Waals surface area contributed by atoms with E-state index in [1.54, 1.807) is 0 Å². The van der Waals surface area contributed by atoms with Crippen LogP contribution in [0.3, 0.4) is 0 Å². The highest BCUT2D eigenvalue weighted by molar-refractivity contribution is 5.72. The number of benzene rings is 1. The second-order valence-electron chi connectivity index (χ2n) is 5.21. The van der Waals surface area contributed by atoms with Gasteiger partial charge in [0.25, 0.3) is 0 Å². The Morgan fingerprint density at radius 2 is 2.16 bits per heavy atom. The molecule has 0 amide bonds. The van der Waals surface area contributed by atoms with Crippen molar-refractivity contribution in [3.8, 4) is 0 Å². The highest BCUT2D eigenvalue weighted by Gasteiger charge is 2.23. The Morgan fingerprint density at radius 1 is 1.37 bits per heavy atom. The topological polar surface area (TPSA) is 41.3 Å². The Bertz CT molecular complexity index is 521. The summed E-state index contributed by atoms with van der Waals surface area (Å²) in [7, 11) is 6.27. The van der Waals surface area contributed by atoms with Crippen molar-refractivity contribution in [1.29, 1.82) is 0 Å². The summed E-state index contributed by atoms with van der Waals surface area (Å²) in [5.41, 5.74) is 3.07. The van der Waals surface area contributed by atoms with E-state index < -0.39 is 0 Å². The van der Waals surface area contributed by atoms with Gasteiger partial charge in [0.05, 0.1) is 0 Å². The number of oxazole rings is 1. The maximum absolute atomic E-state index is 5.42. The molecule has 2 unspecified atom stereocenters. The molecule has 0 spiro atoms. The zero-order valence-electron chi connectivity index (χ0n) is 12.2. The maximum atomic E-state index is 5.42. The SMILES string of the molecule is CCC(CNC)C(c1ccc2ncoc2c1)N(C)C. The summed E-state index contributed by atoms with van der Waals surface area (Å²) in [5, 5.41) is 3.29. The van der Waals surface area contributed by atoms with Gasteiger partial charge in [0, 0.05) is 6.04 Å². The van der Waals surface area contributed by atoms with Crippen molar-refractivity contribution in [2.45, 2.75) is 19.4 Å². The Labute approximate surface area is 114 Å². The molecule has 0 bridgehead atoms. The van der Waals surface area contributed by atoms with E-state index in [2.05, 4.69) is 48.4 Å². The lowest BCUT2D eigenvalue weighted by Gasteiger charge is -2.32. The van der Waals surface area contributed by atoms with Gasteiger partial charge < -0.3 is 14.6 Å². The fourth-order valence-electron chi connectivity index (χ4n) is 2.79. The Hall–Kier alpha value is -1.39. The van der Waals surface area contributed by atoms with Crippen LogP contribution in [-0.4, -0.2) is 37.6 Å². The Kier molecular flexibility index (Phi) is 4.56. The second-order valence-corrected chi connectivity index (χ2v) is 5.21. The first-order valence-electron chi connectivity index (χ1n) is 6.81. The van der Waals surface area contributed by atoms with Crippen LogP contribution in [0, 0.1) is 5.92 Å². The third-order valence-electron chi connectivity index (χ3n) is 3.69. The van der Waals surface area contributed by atoms with E-state index in [1.165, 1.54) is 12.0 Å². The molecular weight excluding hydrogens is 238 g/mol. The number of nitrogens with zero attached hydrogens (tertiary/aromatic N) is 2. The lowest BCUT2D eigenvalue weighted by molar-refractivity contribution is 0.204. The van der Waals surface area contributed by atoms with Crippen LogP contribution in [0.15, 0.2) is 29.0 Å². The molecule has 1 aromatic carbocycles. The van der Waals surface area contributed by atoms with Gasteiger partial charge in [-0.3, -0.25) is 0 Å². The Balaban J connectivity index is 2.36. The van der Waals surface area contributed by atoms with Crippen LogP contribution >= 0.6 is 0 Å². The molecule has 19 heavy (non-hydrogen) atoms. The summed E-state index contributed by atoms with van der Waals surface area (Å²) in [5.74, 6) is 0.570. The van der Waals surface area contributed by atoms with Gasteiger partial charge in [-0.1, -0.05) is 19.4 Å². The van der Waals surface area contributed by atoms with Crippen LogP contribution in [-0.2, 0) is 0 Å². The summed E-state index contributed by atoms with van der Waals surface area (Å²) in [4.78, 5) is 6.45. The smallest absolute Gasteiger partial charge is 0.181 e. The van der Waals surface area contributed by atoms with Gasteiger partial charge in [0.2, 0.25) is 0 Å². The van der Waals surface area contributed by atoms with Crippen LogP contribution in [0.5, 0.6) is 0 Å². The summed E-state index contributed by atoms with van der Waals surface area (Å²) >= 11 is 0. The first-order valence-corrected chi connectivity index (χ1v) is 6.81. The third kappa shape index (κ3) is 2.96. The molecule has 104 valence electrons. The van der Waals surface area contributed by atoms with E-state index in [9.17, 15) is 0 Å². The maximum Gasteiger partial charge on any atom is 0.181 e. The van der Waals surface area contributed by atoms with Crippen molar-refractivity contribution >= 4 is 11.1 Å². The molecule has 0 radical (unpaired) electrons. The van der Waals surface area contributed by atoms with E-state index in [0.29, 0.717) is 12.0 Å². The minimum atomic E-state index is 0.381. The highest BCUT2D eigenvalue weighted by atomic mass is 16.3. The molecule has 2 aromatic rings. The number of hydrogen-bond donors (Lipinski definition) is 1. The minimum Gasteiger partial charge on any atom is -0.443 e. The molecule has 0 fully saturated rings.